The highest BCUT2D eigenvalue weighted by Gasteiger charge is 2.20. The van der Waals surface area contributed by atoms with Gasteiger partial charge in [0.25, 0.3) is 0 Å². The van der Waals surface area contributed by atoms with Crippen molar-refractivity contribution in [2.45, 2.75) is 19.1 Å². The van der Waals surface area contributed by atoms with Gasteiger partial charge in [0.05, 0.1) is 18.8 Å². The third-order valence-corrected chi connectivity index (χ3v) is 3.06. The maximum absolute atomic E-state index is 5.78. The zero-order valence-electron chi connectivity index (χ0n) is 9.90. The minimum absolute atomic E-state index is 0.113. The van der Waals surface area contributed by atoms with E-state index in [4.69, 9.17) is 9.47 Å². The Balaban J connectivity index is 2.24. The molecule has 1 aliphatic heterocycles. The van der Waals surface area contributed by atoms with Crippen LogP contribution >= 0.6 is 0 Å². The highest BCUT2D eigenvalue weighted by Crippen LogP contribution is 2.28. The highest BCUT2D eigenvalue weighted by molar-refractivity contribution is 5.31. The van der Waals surface area contributed by atoms with Crippen molar-refractivity contribution in [2.75, 3.05) is 26.8 Å². The van der Waals surface area contributed by atoms with E-state index >= 15 is 0 Å². The van der Waals surface area contributed by atoms with Crippen LogP contribution < -0.4 is 5.32 Å². The quantitative estimate of drug-likeness (QED) is 0.847. The van der Waals surface area contributed by atoms with Crippen LogP contribution in [-0.4, -0.2) is 26.8 Å². The van der Waals surface area contributed by atoms with Crippen molar-refractivity contribution in [3.05, 3.63) is 35.4 Å². The molecule has 1 saturated heterocycles. The first-order valence-corrected chi connectivity index (χ1v) is 5.77. The standard InChI is InChI=1S/C13H19NO2/c1-10(15-2)11-5-3-4-6-12(11)13-9-14-7-8-16-13/h3-6,10,13-14H,7-9H2,1-2H3. The molecular weight excluding hydrogens is 202 g/mol. The van der Waals surface area contributed by atoms with Gasteiger partial charge in [-0.05, 0) is 18.1 Å². The Bertz CT molecular complexity index is 334. The molecule has 1 fully saturated rings. The molecule has 1 aromatic rings. The van der Waals surface area contributed by atoms with Crippen LogP contribution in [0.25, 0.3) is 0 Å². The molecule has 0 amide bonds. The van der Waals surface area contributed by atoms with Crippen LogP contribution in [0.4, 0.5) is 0 Å². The van der Waals surface area contributed by atoms with Crippen LogP contribution in [0.15, 0.2) is 24.3 Å². The molecule has 16 heavy (non-hydrogen) atoms. The molecule has 2 unspecified atom stereocenters. The van der Waals surface area contributed by atoms with Crippen molar-refractivity contribution in [3.63, 3.8) is 0 Å². The van der Waals surface area contributed by atoms with E-state index in [0.717, 1.165) is 19.7 Å². The van der Waals surface area contributed by atoms with Gasteiger partial charge >= 0.3 is 0 Å². The Labute approximate surface area is 96.8 Å². The predicted molar refractivity (Wildman–Crippen MR) is 63.4 cm³/mol. The smallest absolute Gasteiger partial charge is 0.0953 e. The summed E-state index contributed by atoms with van der Waals surface area (Å²) in [6.07, 6.45) is 0.268. The van der Waals surface area contributed by atoms with Crippen molar-refractivity contribution in [1.29, 1.82) is 0 Å². The Morgan fingerprint density at radius 1 is 1.44 bits per heavy atom. The molecule has 0 aliphatic carbocycles. The predicted octanol–water partition coefficient (Wildman–Crippen LogP) is 2.05. The number of benzene rings is 1. The lowest BCUT2D eigenvalue weighted by Gasteiger charge is -2.27. The fourth-order valence-electron chi connectivity index (χ4n) is 2.07. The summed E-state index contributed by atoms with van der Waals surface area (Å²) in [5, 5.41) is 3.35. The molecular formula is C13H19NO2. The highest BCUT2D eigenvalue weighted by atomic mass is 16.5. The van der Waals surface area contributed by atoms with Crippen LogP contribution in [0.3, 0.4) is 0 Å². The number of hydrogen-bond donors (Lipinski definition) is 1. The van der Waals surface area contributed by atoms with E-state index in [1.165, 1.54) is 11.1 Å². The number of ether oxygens (including phenoxy) is 2. The van der Waals surface area contributed by atoms with Crippen molar-refractivity contribution in [2.24, 2.45) is 0 Å². The fraction of sp³-hybridized carbons (Fsp3) is 0.538. The molecule has 3 heteroatoms. The van der Waals surface area contributed by atoms with Gasteiger partial charge in [0.1, 0.15) is 0 Å². The lowest BCUT2D eigenvalue weighted by molar-refractivity contribution is 0.0246. The summed E-state index contributed by atoms with van der Waals surface area (Å²) in [5.74, 6) is 0. The van der Waals surface area contributed by atoms with Crippen LogP contribution in [-0.2, 0) is 9.47 Å². The molecule has 0 radical (unpaired) electrons. The first kappa shape index (κ1) is 11.6. The molecule has 88 valence electrons. The first-order chi connectivity index (χ1) is 7.83. The summed E-state index contributed by atoms with van der Waals surface area (Å²) in [6, 6.07) is 8.34. The van der Waals surface area contributed by atoms with Gasteiger partial charge in [-0.1, -0.05) is 24.3 Å². The Morgan fingerprint density at radius 2 is 2.25 bits per heavy atom. The number of morpholine rings is 1. The number of rotatable bonds is 3. The van der Waals surface area contributed by atoms with E-state index in [9.17, 15) is 0 Å². The summed E-state index contributed by atoms with van der Waals surface area (Å²) in [4.78, 5) is 0. The second kappa shape index (κ2) is 5.43. The van der Waals surface area contributed by atoms with Gasteiger partial charge in [0.2, 0.25) is 0 Å². The van der Waals surface area contributed by atoms with Crippen LogP contribution in [0, 0.1) is 0 Å². The summed E-state index contributed by atoms with van der Waals surface area (Å²) in [7, 11) is 1.74. The van der Waals surface area contributed by atoms with E-state index in [-0.39, 0.29) is 12.2 Å². The molecule has 2 atom stereocenters. The zero-order valence-corrected chi connectivity index (χ0v) is 9.90. The molecule has 1 N–H and O–H groups in total. The second-order valence-electron chi connectivity index (χ2n) is 4.07. The third kappa shape index (κ3) is 2.43. The summed E-state index contributed by atoms with van der Waals surface area (Å²) in [6.45, 7) is 4.67. The maximum Gasteiger partial charge on any atom is 0.0953 e. The Kier molecular flexibility index (Phi) is 3.93. The SMILES string of the molecule is COC(C)c1ccccc1C1CNCCO1. The van der Waals surface area contributed by atoms with Crippen LogP contribution in [0.2, 0.25) is 0 Å². The molecule has 0 spiro atoms. The van der Waals surface area contributed by atoms with Gasteiger partial charge in [-0.15, -0.1) is 0 Å². The van der Waals surface area contributed by atoms with Crippen molar-refractivity contribution in [1.82, 2.24) is 5.32 Å². The molecule has 1 aliphatic rings. The van der Waals surface area contributed by atoms with E-state index < -0.39 is 0 Å². The van der Waals surface area contributed by atoms with Crippen LogP contribution in [0.1, 0.15) is 30.3 Å². The minimum atomic E-state index is 0.113. The normalized spacial score (nSPS) is 23.0. The van der Waals surface area contributed by atoms with Gasteiger partial charge < -0.3 is 14.8 Å². The van der Waals surface area contributed by atoms with Gasteiger partial charge in [0, 0.05) is 20.2 Å². The molecule has 0 aromatic heterocycles. The van der Waals surface area contributed by atoms with E-state index in [2.05, 4.69) is 30.4 Å². The second-order valence-corrected chi connectivity index (χ2v) is 4.07. The first-order valence-electron chi connectivity index (χ1n) is 5.77. The van der Waals surface area contributed by atoms with E-state index in [0.29, 0.717) is 0 Å². The molecule has 3 nitrogen and oxygen atoms in total. The molecule has 1 aromatic carbocycles. The van der Waals surface area contributed by atoms with Crippen molar-refractivity contribution < 1.29 is 9.47 Å². The van der Waals surface area contributed by atoms with Crippen molar-refractivity contribution >= 4 is 0 Å². The third-order valence-electron chi connectivity index (χ3n) is 3.06. The minimum Gasteiger partial charge on any atom is -0.377 e. The van der Waals surface area contributed by atoms with Gasteiger partial charge in [-0.2, -0.15) is 0 Å². The number of methoxy groups -OCH3 is 1. The maximum atomic E-state index is 5.78. The topological polar surface area (TPSA) is 30.5 Å². The molecule has 1 heterocycles. The monoisotopic (exact) mass is 221 g/mol. The Morgan fingerprint density at radius 3 is 2.94 bits per heavy atom. The summed E-state index contributed by atoms with van der Waals surface area (Å²) in [5.41, 5.74) is 2.46. The lowest BCUT2D eigenvalue weighted by Crippen LogP contribution is -2.33. The largest absolute Gasteiger partial charge is 0.377 e. The van der Waals surface area contributed by atoms with E-state index in [1.807, 2.05) is 6.07 Å². The molecule has 0 saturated carbocycles. The van der Waals surface area contributed by atoms with Gasteiger partial charge in [0.15, 0.2) is 0 Å². The van der Waals surface area contributed by atoms with E-state index in [1.54, 1.807) is 7.11 Å². The Hall–Kier alpha value is -0.900. The summed E-state index contributed by atoms with van der Waals surface area (Å²) >= 11 is 0. The fourth-order valence-corrected chi connectivity index (χ4v) is 2.07. The zero-order chi connectivity index (χ0) is 11.4. The molecule has 0 bridgehead atoms. The van der Waals surface area contributed by atoms with Gasteiger partial charge in [-0.25, -0.2) is 0 Å². The number of hydrogen-bond acceptors (Lipinski definition) is 3. The average molecular weight is 221 g/mol. The summed E-state index contributed by atoms with van der Waals surface area (Å²) < 4.78 is 11.2. The van der Waals surface area contributed by atoms with Crippen molar-refractivity contribution in [3.8, 4) is 0 Å². The number of nitrogens with one attached hydrogen (secondary N) is 1. The van der Waals surface area contributed by atoms with Gasteiger partial charge in [-0.3, -0.25) is 0 Å². The lowest BCUT2D eigenvalue weighted by atomic mass is 9.98. The van der Waals surface area contributed by atoms with Crippen LogP contribution in [0.5, 0.6) is 0 Å². The molecule has 2 rings (SSSR count). The average Bonchev–Trinajstić information content (AvgIpc) is 2.39.